The third-order valence-electron chi connectivity index (χ3n) is 4.57. The van der Waals surface area contributed by atoms with E-state index in [1.54, 1.807) is 29.2 Å². The summed E-state index contributed by atoms with van der Waals surface area (Å²) in [4.78, 5) is 26.6. The number of fused-ring (bicyclic) bond motifs is 1. The van der Waals surface area contributed by atoms with E-state index in [2.05, 4.69) is 20.8 Å². The minimum atomic E-state index is -0.341. The number of rotatable bonds is 4. The van der Waals surface area contributed by atoms with E-state index in [4.69, 9.17) is 11.6 Å². The summed E-state index contributed by atoms with van der Waals surface area (Å²) in [7, 11) is 0. The second-order valence-electron chi connectivity index (χ2n) is 6.46. The van der Waals surface area contributed by atoms with Crippen molar-refractivity contribution >= 4 is 29.4 Å². The zero-order chi connectivity index (χ0) is 19.5. The molecular formula is C20H18ClN5O2. The van der Waals surface area contributed by atoms with Gasteiger partial charge < -0.3 is 15.5 Å². The predicted octanol–water partition coefficient (Wildman–Crippen LogP) is 3.54. The molecule has 2 heterocycles. The maximum absolute atomic E-state index is 12.5. The standard InChI is InChI=1S/C20H18ClN5O2/c21-16-9-5-4-8-14(16)19(27)23-18-15-11-26(12-17(15)24-25-18)20(28)22-10-13-6-2-1-3-7-13/h1-9H,10-12H2,(H,22,28)(H2,23,24,25,27). The number of H-pyrrole nitrogens is 1. The molecule has 142 valence electrons. The van der Waals surface area contributed by atoms with Crippen LogP contribution in [0.4, 0.5) is 10.6 Å². The van der Waals surface area contributed by atoms with Crippen molar-refractivity contribution in [1.82, 2.24) is 20.4 Å². The highest BCUT2D eigenvalue weighted by Gasteiger charge is 2.29. The van der Waals surface area contributed by atoms with Crippen LogP contribution in [0.15, 0.2) is 54.6 Å². The van der Waals surface area contributed by atoms with E-state index in [0.29, 0.717) is 36.0 Å². The molecule has 3 N–H and O–H groups in total. The van der Waals surface area contributed by atoms with E-state index in [9.17, 15) is 9.59 Å². The fourth-order valence-corrected chi connectivity index (χ4v) is 3.31. The summed E-state index contributed by atoms with van der Waals surface area (Å²) < 4.78 is 0. The first-order valence-electron chi connectivity index (χ1n) is 8.80. The van der Waals surface area contributed by atoms with Crippen molar-refractivity contribution in [2.75, 3.05) is 5.32 Å². The van der Waals surface area contributed by atoms with Crippen molar-refractivity contribution in [3.63, 3.8) is 0 Å². The Labute approximate surface area is 166 Å². The Balaban J connectivity index is 1.39. The molecule has 28 heavy (non-hydrogen) atoms. The quantitative estimate of drug-likeness (QED) is 0.631. The van der Waals surface area contributed by atoms with Gasteiger partial charge in [-0.1, -0.05) is 54.1 Å². The Hall–Kier alpha value is -3.32. The number of anilines is 1. The van der Waals surface area contributed by atoms with Gasteiger partial charge in [-0.3, -0.25) is 9.89 Å². The van der Waals surface area contributed by atoms with Crippen molar-refractivity contribution in [2.24, 2.45) is 0 Å². The molecule has 0 spiro atoms. The van der Waals surface area contributed by atoms with Gasteiger partial charge in [-0.2, -0.15) is 5.10 Å². The molecule has 0 saturated heterocycles. The van der Waals surface area contributed by atoms with Crippen LogP contribution in [0, 0.1) is 0 Å². The van der Waals surface area contributed by atoms with Crippen molar-refractivity contribution < 1.29 is 9.59 Å². The number of halogens is 1. The van der Waals surface area contributed by atoms with Gasteiger partial charge in [0.05, 0.1) is 29.4 Å². The number of nitrogens with zero attached hydrogens (tertiary/aromatic N) is 2. The van der Waals surface area contributed by atoms with E-state index in [-0.39, 0.29) is 11.9 Å². The van der Waals surface area contributed by atoms with Crippen LogP contribution >= 0.6 is 11.6 Å². The Bertz CT molecular complexity index is 1020. The summed E-state index contributed by atoms with van der Waals surface area (Å²) in [6.45, 7) is 1.23. The van der Waals surface area contributed by atoms with Gasteiger partial charge >= 0.3 is 6.03 Å². The number of carbonyl (C=O) groups excluding carboxylic acids is 2. The molecule has 4 rings (SSSR count). The van der Waals surface area contributed by atoms with E-state index in [0.717, 1.165) is 16.8 Å². The lowest BCUT2D eigenvalue weighted by molar-refractivity contribution is 0.102. The van der Waals surface area contributed by atoms with Crippen LogP contribution in [0.3, 0.4) is 0 Å². The molecule has 7 nitrogen and oxygen atoms in total. The number of amides is 3. The zero-order valence-corrected chi connectivity index (χ0v) is 15.7. The predicted molar refractivity (Wildman–Crippen MR) is 106 cm³/mol. The van der Waals surface area contributed by atoms with E-state index in [1.165, 1.54) is 0 Å². The number of hydrogen-bond acceptors (Lipinski definition) is 3. The van der Waals surface area contributed by atoms with Gasteiger partial charge in [-0.05, 0) is 17.7 Å². The second kappa shape index (κ2) is 7.74. The van der Waals surface area contributed by atoms with Crippen LogP contribution < -0.4 is 10.6 Å². The molecule has 0 bridgehead atoms. The molecule has 0 aliphatic carbocycles. The minimum absolute atomic E-state index is 0.170. The third-order valence-corrected chi connectivity index (χ3v) is 4.90. The zero-order valence-electron chi connectivity index (χ0n) is 14.9. The Morgan fingerprint density at radius 1 is 1.07 bits per heavy atom. The number of hydrogen-bond donors (Lipinski definition) is 3. The number of benzene rings is 2. The van der Waals surface area contributed by atoms with Gasteiger partial charge in [0.1, 0.15) is 0 Å². The van der Waals surface area contributed by atoms with Crippen LogP contribution in [0.1, 0.15) is 27.2 Å². The van der Waals surface area contributed by atoms with Gasteiger partial charge in [0.2, 0.25) is 0 Å². The molecule has 0 fully saturated rings. The fraction of sp³-hybridized carbons (Fsp3) is 0.150. The highest BCUT2D eigenvalue weighted by Crippen LogP contribution is 2.28. The van der Waals surface area contributed by atoms with Crippen LogP contribution in [0.25, 0.3) is 0 Å². The van der Waals surface area contributed by atoms with E-state index >= 15 is 0 Å². The highest BCUT2D eigenvalue weighted by molar-refractivity contribution is 6.34. The first-order valence-corrected chi connectivity index (χ1v) is 9.18. The minimum Gasteiger partial charge on any atom is -0.334 e. The molecule has 0 radical (unpaired) electrons. The molecule has 1 aliphatic rings. The van der Waals surface area contributed by atoms with Gasteiger partial charge in [-0.15, -0.1) is 0 Å². The lowest BCUT2D eigenvalue weighted by Crippen LogP contribution is -2.36. The average molecular weight is 396 g/mol. The topological polar surface area (TPSA) is 90.1 Å². The molecule has 3 aromatic rings. The summed E-state index contributed by atoms with van der Waals surface area (Å²) >= 11 is 6.08. The van der Waals surface area contributed by atoms with Gasteiger partial charge in [-0.25, -0.2) is 4.79 Å². The van der Waals surface area contributed by atoms with Crippen LogP contribution in [0.2, 0.25) is 5.02 Å². The maximum atomic E-state index is 12.5. The number of carbonyl (C=O) groups is 2. The molecule has 1 aliphatic heterocycles. The molecule has 0 saturated carbocycles. The van der Waals surface area contributed by atoms with Crippen LogP contribution in [-0.4, -0.2) is 27.0 Å². The average Bonchev–Trinajstić information content (AvgIpc) is 3.29. The Morgan fingerprint density at radius 3 is 2.61 bits per heavy atom. The Morgan fingerprint density at radius 2 is 1.82 bits per heavy atom. The van der Waals surface area contributed by atoms with Crippen molar-refractivity contribution in [2.45, 2.75) is 19.6 Å². The maximum Gasteiger partial charge on any atom is 0.318 e. The summed E-state index contributed by atoms with van der Waals surface area (Å²) in [6, 6.07) is 16.4. The summed E-state index contributed by atoms with van der Waals surface area (Å²) in [6.07, 6.45) is 0. The molecule has 0 atom stereocenters. The van der Waals surface area contributed by atoms with Gasteiger partial charge in [0.15, 0.2) is 5.82 Å². The SMILES string of the molecule is O=C(Nc1n[nH]c2c1CN(C(=O)NCc1ccccc1)C2)c1ccccc1Cl. The second-order valence-corrected chi connectivity index (χ2v) is 6.87. The first-order chi connectivity index (χ1) is 13.6. The number of aromatic nitrogens is 2. The summed E-state index contributed by atoms with van der Waals surface area (Å²) in [5.41, 5.74) is 3.01. The number of aromatic amines is 1. The van der Waals surface area contributed by atoms with Crippen LogP contribution in [-0.2, 0) is 19.6 Å². The van der Waals surface area contributed by atoms with Gasteiger partial charge in [0, 0.05) is 12.1 Å². The molecule has 1 aromatic heterocycles. The van der Waals surface area contributed by atoms with Gasteiger partial charge in [0.25, 0.3) is 5.91 Å². The smallest absolute Gasteiger partial charge is 0.318 e. The first kappa shape index (κ1) is 18.1. The van der Waals surface area contributed by atoms with E-state index < -0.39 is 0 Å². The molecule has 8 heteroatoms. The fourth-order valence-electron chi connectivity index (χ4n) is 3.09. The van der Waals surface area contributed by atoms with Crippen molar-refractivity contribution in [3.8, 4) is 0 Å². The van der Waals surface area contributed by atoms with Crippen molar-refractivity contribution in [1.29, 1.82) is 0 Å². The number of nitrogens with one attached hydrogen (secondary N) is 3. The molecule has 3 amide bonds. The van der Waals surface area contributed by atoms with Crippen LogP contribution in [0.5, 0.6) is 0 Å². The largest absolute Gasteiger partial charge is 0.334 e. The third kappa shape index (κ3) is 3.70. The summed E-state index contributed by atoms with van der Waals surface area (Å²) in [5.74, 6) is 0.0742. The van der Waals surface area contributed by atoms with Crippen molar-refractivity contribution in [3.05, 3.63) is 82.0 Å². The van der Waals surface area contributed by atoms with E-state index in [1.807, 2.05) is 30.3 Å². The molecule has 2 aromatic carbocycles. The normalized spacial score (nSPS) is 12.5. The Kier molecular flexibility index (Phi) is 4.99. The summed E-state index contributed by atoms with van der Waals surface area (Å²) in [5, 5.41) is 13.1. The molecule has 0 unspecified atom stereocenters. The molecular weight excluding hydrogens is 378 g/mol. The lowest BCUT2D eigenvalue weighted by Gasteiger charge is -2.17. The highest BCUT2D eigenvalue weighted by atomic mass is 35.5. The number of urea groups is 1. The monoisotopic (exact) mass is 395 g/mol. The lowest BCUT2D eigenvalue weighted by atomic mass is 10.2.